The van der Waals surface area contributed by atoms with Crippen molar-refractivity contribution in [2.24, 2.45) is 0 Å². The summed E-state index contributed by atoms with van der Waals surface area (Å²) in [4.78, 5) is 11.4. The molecule has 0 aromatic heterocycles. The zero-order valence-corrected chi connectivity index (χ0v) is 10.0. The van der Waals surface area contributed by atoms with E-state index in [4.69, 9.17) is 4.74 Å². The molecule has 1 aliphatic heterocycles. The molecule has 0 bridgehead atoms. The summed E-state index contributed by atoms with van der Waals surface area (Å²) < 4.78 is 5.73. The number of amides is 1. The van der Waals surface area contributed by atoms with Gasteiger partial charge >= 0.3 is 0 Å². The standard InChI is InChI=1S/C13H18N2O2/c1-2-14-9-13(16)15-8-11-7-10-5-3-4-6-12(10)17-11/h3-6,11,14H,2,7-9H2,1H3,(H,15,16). The minimum Gasteiger partial charge on any atom is -0.488 e. The quantitative estimate of drug-likeness (QED) is 0.789. The van der Waals surface area contributed by atoms with Gasteiger partial charge in [0, 0.05) is 6.42 Å². The first-order chi connectivity index (χ1) is 8.29. The molecule has 4 heteroatoms. The second kappa shape index (κ2) is 5.68. The Hall–Kier alpha value is -1.55. The van der Waals surface area contributed by atoms with Crippen molar-refractivity contribution in [3.8, 4) is 5.75 Å². The number of para-hydroxylation sites is 1. The third-order valence-electron chi connectivity index (χ3n) is 2.78. The molecule has 0 radical (unpaired) electrons. The molecule has 4 nitrogen and oxygen atoms in total. The number of nitrogens with one attached hydrogen (secondary N) is 2. The Bertz CT molecular complexity index is 368. The number of carbonyl (C=O) groups excluding carboxylic acids is 1. The second-order valence-corrected chi connectivity index (χ2v) is 4.14. The van der Waals surface area contributed by atoms with Crippen molar-refractivity contribution in [1.82, 2.24) is 10.6 Å². The summed E-state index contributed by atoms with van der Waals surface area (Å²) in [6, 6.07) is 8.00. The first-order valence-electron chi connectivity index (χ1n) is 6.01. The minimum atomic E-state index is 0.0198. The van der Waals surface area contributed by atoms with Crippen molar-refractivity contribution < 1.29 is 9.53 Å². The third-order valence-corrected chi connectivity index (χ3v) is 2.78. The van der Waals surface area contributed by atoms with E-state index in [-0.39, 0.29) is 12.0 Å². The number of rotatable bonds is 5. The maximum atomic E-state index is 11.4. The van der Waals surface area contributed by atoms with Crippen LogP contribution in [0.1, 0.15) is 12.5 Å². The van der Waals surface area contributed by atoms with Crippen LogP contribution in [-0.4, -0.2) is 31.6 Å². The highest BCUT2D eigenvalue weighted by atomic mass is 16.5. The largest absolute Gasteiger partial charge is 0.488 e. The Kier molecular flexibility index (Phi) is 3.98. The summed E-state index contributed by atoms with van der Waals surface area (Å²) in [6.45, 7) is 3.72. The first kappa shape index (κ1) is 11.9. The van der Waals surface area contributed by atoms with E-state index in [0.29, 0.717) is 13.1 Å². The van der Waals surface area contributed by atoms with Crippen molar-refractivity contribution in [1.29, 1.82) is 0 Å². The van der Waals surface area contributed by atoms with Crippen molar-refractivity contribution in [3.63, 3.8) is 0 Å². The van der Waals surface area contributed by atoms with Crippen molar-refractivity contribution in [2.45, 2.75) is 19.4 Å². The number of ether oxygens (including phenoxy) is 1. The zero-order chi connectivity index (χ0) is 12.1. The maximum Gasteiger partial charge on any atom is 0.234 e. The van der Waals surface area contributed by atoms with E-state index in [1.807, 2.05) is 25.1 Å². The van der Waals surface area contributed by atoms with Gasteiger partial charge < -0.3 is 15.4 Å². The third kappa shape index (κ3) is 3.20. The van der Waals surface area contributed by atoms with Gasteiger partial charge in [0.15, 0.2) is 0 Å². The molecular weight excluding hydrogens is 216 g/mol. The monoisotopic (exact) mass is 234 g/mol. The average molecular weight is 234 g/mol. The molecule has 0 spiro atoms. The molecule has 1 aliphatic rings. The molecule has 17 heavy (non-hydrogen) atoms. The molecule has 92 valence electrons. The highest BCUT2D eigenvalue weighted by molar-refractivity contribution is 5.78. The van der Waals surface area contributed by atoms with Crippen LogP contribution in [0.15, 0.2) is 24.3 Å². The van der Waals surface area contributed by atoms with Crippen LogP contribution >= 0.6 is 0 Å². The Morgan fingerprint density at radius 2 is 2.29 bits per heavy atom. The Morgan fingerprint density at radius 1 is 1.47 bits per heavy atom. The van der Waals surface area contributed by atoms with E-state index in [2.05, 4.69) is 16.7 Å². The number of hydrogen-bond donors (Lipinski definition) is 2. The normalized spacial score (nSPS) is 17.4. The van der Waals surface area contributed by atoms with Gasteiger partial charge in [-0.1, -0.05) is 25.1 Å². The molecule has 2 N–H and O–H groups in total. The lowest BCUT2D eigenvalue weighted by molar-refractivity contribution is -0.120. The summed E-state index contributed by atoms with van der Waals surface area (Å²) >= 11 is 0. The van der Waals surface area contributed by atoms with E-state index in [1.165, 1.54) is 5.56 Å². The van der Waals surface area contributed by atoms with Gasteiger partial charge in [0.25, 0.3) is 0 Å². The summed E-state index contributed by atoms with van der Waals surface area (Å²) in [6.07, 6.45) is 0.940. The van der Waals surface area contributed by atoms with Crippen LogP contribution in [0.2, 0.25) is 0 Å². The van der Waals surface area contributed by atoms with Crippen LogP contribution < -0.4 is 15.4 Å². The molecule has 0 saturated carbocycles. The van der Waals surface area contributed by atoms with Crippen LogP contribution in [0.25, 0.3) is 0 Å². The molecule has 1 atom stereocenters. The fraction of sp³-hybridized carbons (Fsp3) is 0.462. The summed E-state index contributed by atoms with van der Waals surface area (Å²) in [7, 11) is 0. The Morgan fingerprint density at radius 3 is 3.06 bits per heavy atom. The van der Waals surface area contributed by atoms with Gasteiger partial charge in [-0.25, -0.2) is 0 Å². The molecular formula is C13H18N2O2. The number of likely N-dealkylation sites (N-methyl/N-ethyl adjacent to an activating group) is 1. The van der Waals surface area contributed by atoms with Crippen LogP contribution in [-0.2, 0) is 11.2 Å². The SMILES string of the molecule is CCNCC(=O)NCC1Cc2ccccc2O1. The lowest BCUT2D eigenvalue weighted by Gasteiger charge is -2.11. The van der Waals surface area contributed by atoms with Crippen molar-refractivity contribution in [2.75, 3.05) is 19.6 Å². The van der Waals surface area contributed by atoms with Crippen molar-refractivity contribution in [3.05, 3.63) is 29.8 Å². The van der Waals surface area contributed by atoms with E-state index < -0.39 is 0 Å². The molecule has 1 aromatic rings. The predicted octanol–water partition coefficient (Wildman–Crippen LogP) is 0.716. The van der Waals surface area contributed by atoms with Gasteiger partial charge in [-0.15, -0.1) is 0 Å². The smallest absolute Gasteiger partial charge is 0.234 e. The maximum absolute atomic E-state index is 11.4. The van der Waals surface area contributed by atoms with E-state index in [0.717, 1.165) is 18.7 Å². The Balaban J connectivity index is 1.75. The first-order valence-corrected chi connectivity index (χ1v) is 6.01. The van der Waals surface area contributed by atoms with Gasteiger partial charge in [0.2, 0.25) is 5.91 Å². The van der Waals surface area contributed by atoms with Crippen LogP contribution in [0.5, 0.6) is 5.75 Å². The molecule has 1 unspecified atom stereocenters. The van der Waals surface area contributed by atoms with Gasteiger partial charge in [-0.2, -0.15) is 0 Å². The summed E-state index contributed by atoms with van der Waals surface area (Å²) in [5, 5.41) is 5.86. The molecule has 0 saturated heterocycles. The van der Waals surface area contributed by atoms with Gasteiger partial charge in [-0.05, 0) is 18.2 Å². The molecule has 0 fully saturated rings. The molecule has 0 aliphatic carbocycles. The highest BCUT2D eigenvalue weighted by Gasteiger charge is 2.22. The molecule has 1 heterocycles. The molecule has 2 rings (SSSR count). The van der Waals surface area contributed by atoms with Crippen LogP contribution in [0, 0.1) is 0 Å². The van der Waals surface area contributed by atoms with Gasteiger partial charge in [0.1, 0.15) is 11.9 Å². The Labute approximate surface area is 101 Å². The zero-order valence-electron chi connectivity index (χ0n) is 10.0. The van der Waals surface area contributed by atoms with E-state index >= 15 is 0 Å². The summed E-state index contributed by atoms with van der Waals surface area (Å²) in [5.41, 5.74) is 1.22. The fourth-order valence-electron chi connectivity index (χ4n) is 1.90. The minimum absolute atomic E-state index is 0.0198. The number of fused-ring (bicyclic) bond motifs is 1. The molecule has 1 amide bonds. The van der Waals surface area contributed by atoms with Gasteiger partial charge in [0.05, 0.1) is 13.1 Å². The fourth-order valence-corrected chi connectivity index (χ4v) is 1.90. The molecule has 1 aromatic carbocycles. The predicted molar refractivity (Wildman–Crippen MR) is 66.1 cm³/mol. The lowest BCUT2D eigenvalue weighted by Crippen LogP contribution is -2.39. The average Bonchev–Trinajstić information content (AvgIpc) is 2.76. The van der Waals surface area contributed by atoms with Crippen LogP contribution in [0.3, 0.4) is 0 Å². The van der Waals surface area contributed by atoms with Crippen LogP contribution in [0.4, 0.5) is 0 Å². The van der Waals surface area contributed by atoms with Gasteiger partial charge in [-0.3, -0.25) is 4.79 Å². The number of carbonyl (C=O) groups is 1. The number of hydrogen-bond acceptors (Lipinski definition) is 3. The lowest BCUT2D eigenvalue weighted by atomic mass is 10.1. The topological polar surface area (TPSA) is 50.4 Å². The second-order valence-electron chi connectivity index (χ2n) is 4.14. The number of benzene rings is 1. The van der Waals surface area contributed by atoms with Crippen molar-refractivity contribution >= 4 is 5.91 Å². The summed E-state index contributed by atoms with van der Waals surface area (Å²) in [5.74, 6) is 0.963. The van der Waals surface area contributed by atoms with E-state index in [1.54, 1.807) is 0 Å². The highest BCUT2D eigenvalue weighted by Crippen LogP contribution is 2.27. The van der Waals surface area contributed by atoms with E-state index in [9.17, 15) is 4.79 Å².